The zero-order chi connectivity index (χ0) is 18.6. The van der Waals surface area contributed by atoms with Crippen molar-refractivity contribution in [2.24, 2.45) is 0 Å². The van der Waals surface area contributed by atoms with Crippen LogP contribution in [-0.2, 0) is 11.2 Å². The number of anilines is 1. The van der Waals surface area contributed by atoms with Gasteiger partial charge in [0, 0.05) is 29.9 Å². The van der Waals surface area contributed by atoms with Gasteiger partial charge < -0.3 is 10.3 Å². The van der Waals surface area contributed by atoms with Crippen molar-refractivity contribution in [1.29, 1.82) is 0 Å². The van der Waals surface area contributed by atoms with Gasteiger partial charge in [-0.05, 0) is 61.3 Å². The molecule has 1 aliphatic rings. The summed E-state index contributed by atoms with van der Waals surface area (Å²) >= 11 is 0. The number of hydrogen-bond donors (Lipinski definition) is 2. The zero-order valence-corrected chi connectivity index (χ0v) is 15.2. The molecular weight excluding hydrogens is 343 g/mol. The molecule has 0 atom stereocenters. The van der Waals surface area contributed by atoms with Gasteiger partial charge in [-0.3, -0.25) is 9.69 Å². The summed E-state index contributed by atoms with van der Waals surface area (Å²) in [5.41, 5.74) is 2.91. The smallest absolute Gasteiger partial charge is 0.238 e. The molecule has 2 N–H and O–H groups in total. The SMILES string of the molecule is O=C(CN1CCCCC1)Nc1ccc(Cc2ccnc3[nH]ccc23)c(F)c1. The number of pyridine rings is 1. The Morgan fingerprint density at radius 1 is 1.15 bits per heavy atom. The topological polar surface area (TPSA) is 61.0 Å². The van der Waals surface area contributed by atoms with E-state index in [0.717, 1.165) is 42.5 Å². The standard InChI is InChI=1S/C21H23FN4O/c22-19-13-17(25-20(27)14-26-10-2-1-3-11-26)5-4-16(19)12-15-6-8-23-21-18(15)7-9-24-21/h4-9,13H,1-3,10-12,14H2,(H,23,24)(H,25,27). The summed E-state index contributed by atoms with van der Waals surface area (Å²) in [5.74, 6) is -0.404. The van der Waals surface area contributed by atoms with Crippen LogP contribution in [0.5, 0.6) is 0 Å². The van der Waals surface area contributed by atoms with E-state index in [9.17, 15) is 9.18 Å². The zero-order valence-electron chi connectivity index (χ0n) is 15.2. The van der Waals surface area contributed by atoms with Gasteiger partial charge in [0.25, 0.3) is 0 Å². The Hall–Kier alpha value is -2.73. The number of fused-ring (bicyclic) bond motifs is 1. The predicted octanol–water partition coefficient (Wildman–Crippen LogP) is 3.72. The number of benzene rings is 1. The number of halogens is 1. The van der Waals surface area contributed by atoms with Crippen molar-refractivity contribution in [3.8, 4) is 0 Å². The molecule has 1 amide bonds. The first-order valence-electron chi connectivity index (χ1n) is 9.40. The summed E-state index contributed by atoms with van der Waals surface area (Å²) in [7, 11) is 0. The van der Waals surface area contributed by atoms with Gasteiger partial charge in [-0.2, -0.15) is 0 Å². The van der Waals surface area contributed by atoms with Crippen molar-refractivity contribution >= 4 is 22.6 Å². The van der Waals surface area contributed by atoms with Crippen molar-refractivity contribution in [2.45, 2.75) is 25.7 Å². The third kappa shape index (κ3) is 4.17. The third-order valence-electron chi connectivity index (χ3n) is 5.08. The number of rotatable bonds is 5. The Kier molecular flexibility index (Phi) is 5.16. The second-order valence-corrected chi connectivity index (χ2v) is 7.08. The Bertz CT molecular complexity index is 946. The van der Waals surface area contributed by atoms with Gasteiger partial charge in [-0.25, -0.2) is 9.37 Å². The van der Waals surface area contributed by atoms with E-state index in [-0.39, 0.29) is 11.7 Å². The van der Waals surface area contributed by atoms with Crippen LogP contribution in [0.25, 0.3) is 11.0 Å². The predicted molar refractivity (Wildman–Crippen MR) is 104 cm³/mol. The highest BCUT2D eigenvalue weighted by Gasteiger charge is 2.15. The second kappa shape index (κ2) is 7.88. The molecule has 0 saturated carbocycles. The van der Waals surface area contributed by atoms with Crippen molar-refractivity contribution in [2.75, 3.05) is 25.0 Å². The van der Waals surface area contributed by atoms with Crippen LogP contribution >= 0.6 is 0 Å². The quantitative estimate of drug-likeness (QED) is 0.723. The molecule has 0 spiro atoms. The molecule has 3 heterocycles. The number of aromatic nitrogens is 2. The third-order valence-corrected chi connectivity index (χ3v) is 5.08. The maximum absolute atomic E-state index is 14.6. The number of nitrogens with zero attached hydrogens (tertiary/aromatic N) is 2. The van der Waals surface area contributed by atoms with Gasteiger partial charge in [-0.15, -0.1) is 0 Å². The van der Waals surface area contributed by atoms with Crippen LogP contribution < -0.4 is 5.32 Å². The molecule has 5 nitrogen and oxygen atoms in total. The number of carbonyl (C=O) groups excluding carboxylic acids is 1. The Morgan fingerprint density at radius 3 is 2.81 bits per heavy atom. The molecule has 0 unspecified atom stereocenters. The summed E-state index contributed by atoms with van der Waals surface area (Å²) < 4.78 is 14.6. The lowest BCUT2D eigenvalue weighted by molar-refractivity contribution is -0.117. The van der Waals surface area contributed by atoms with Crippen molar-refractivity contribution in [1.82, 2.24) is 14.9 Å². The molecule has 1 fully saturated rings. The number of likely N-dealkylation sites (tertiary alicyclic amines) is 1. The summed E-state index contributed by atoms with van der Waals surface area (Å²) in [6.45, 7) is 2.28. The highest BCUT2D eigenvalue weighted by atomic mass is 19.1. The van der Waals surface area contributed by atoms with Crippen molar-refractivity contribution in [3.05, 3.63) is 59.7 Å². The fourth-order valence-electron chi connectivity index (χ4n) is 3.67. The van der Waals surface area contributed by atoms with Crippen LogP contribution in [0.15, 0.2) is 42.7 Å². The van der Waals surface area contributed by atoms with E-state index in [1.165, 1.54) is 12.5 Å². The lowest BCUT2D eigenvalue weighted by Gasteiger charge is -2.25. The summed E-state index contributed by atoms with van der Waals surface area (Å²) in [6, 6.07) is 8.76. The average molecular weight is 366 g/mol. The van der Waals surface area contributed by atoms with Gasteiger partial charge >= 0.3 is 0 Å². The van der Waals surface area contributed by atoms with Gasteiger partial charge in [0.05, 0.1) is 6.54 Å². The first-order valence-corrected chi connectivity index (χ1v) is 9.40. The monoisotopic (exact) mass is 366 g/mol. The van der Waals surface area contributed by atoms with Crippen LogP contribution in [-0.4, -0.2) is 40.4 Å². The summed E-state index contributed by atoms with van der Waals surface area (Å²) in [6.07, 6.45) is 7.54. The van der Waals surface area contributed by atoms with Crippen LogP contribution in [0.3, 0.4) is 0 Å². The highest BCUT2D eigenvalue weighted by Crippen LogP contribution is 2.22. The van der Waals surface area contributed by atoms with E-state index < -0.39 is 0 Å². The van der Waals surface area contributed by atoms with Crippen LogP contribution in [0, 0.1) is 5.82 Å². The van der Waals surface area contributed by atoms with E-state index in [4.69, 9.17) is 0 Å². The van der Waals surface area contributed by atoms with Crippen molar-refractivity contribution < 1.29 is 9.18 Å². The summed E-state index contributed by atoms with van der Waals surface area (Å²) in [4.78, 5) is 21.7. The Labute approximate surface area is 157 Å². The molecule has 6 heteroatoms. The largest absolute Gasteiger partial charge is 0.346 e. The minimum Gasteiger partial charge on any atom is -0.346 e. The Balaban J connectivity index is 1.43. The van der Waals surface area contributed by atoms with E-state index in [0.29, 0.717) is 24.2 Å². The second-order valence-electron chi connectivity index (χ2n) is 7.08. The van der Waals surface area contributed by atoms with E-state index in [2.05, 4.69) is 20.2 Å². The van der Waals surface area contributed by atoms with Crippen molar-refractivity contribution in [3.63, 3.8) is 0 Å². The van der Waals surface area contributed by atoms with Gasteiger partial charge in [0.15, 0.2) is 0 Å². The molecule has 4 rings (SSSR count). The molecule has 3 aromatic rings. The number of amides is 1. The van der Waals surface area contributed by atoms with Gasteiger partial charge in [-0.1, -0.05) is 12.5 Å². The van der Waals surface area contributed by atoms with Gasteiger partial charge in [0.2, 0.25) is 5.91 Å². The van der Waals surface area contributed by atoms with E-state index in [1.54, 1.807) is 18.3 Å². The number of carbonyl (C=O) groups is 1. The van der Waals surface area contributed by atoms with Gasteiger partial charge in [0.1, 0.15) is 11.5 Å². The minimum absolute atomic E-state index is 0.0905. The molecular formula is C21H23FN4O. The number of nitrogens with one attached hydrogen (secondary N) is 2. The maximum atomic E-state index is 14.6. The van der Waals surface area contributed by atoms with Crippen LogP contribution in [0.2, 0.25) is 0 Å². The number of piperidine rings is 1. The van der Waals surface area contributed by atoms with E-state index >= 15 is 0 Å². The van der Waals surface area contributed by atoms with E-state index in [1.807, 2.05) is 18.3 Å². The minimum atomic E-state index is -0.314. The molecule has 2 aromatic heterocycles. The normalized spacial score (nSPS) is 15.1. The molecule has 1 aliphatic heterocycles. The molecule has 0 aliphatic carbocycles. The summed E-state index contributed by atoms with van der Waals surface area (Å²) in [5, 5.41) is 3.81. The fourth-order valence-corrected chi connectivity index (χ4v) is 3.67. The lowest BCUT2D eigenvalue weighted by Crippen LogP contribution is -2.36. The molecule has 1 aromatic carbocycles. The molecule has 140 valence electrons. The van der Waals surface area contributed by atoms with Crippen LogP contribution in [0.1, 0.15) is 30.4 Å². The number of H-pyrrole nitrogens is 1. The molecule has 0 radical (unpaired) electrons. The number of hydrogen-bond acceptors (Lipinski definition) is 3. The Morgan fingerprint density at radius 2 is 2.00 bits per heavy atom. The lowest BCUT2D eigenvalue weighted by atomic mass is 10.0. The first kappa shape index (κ1) is 17.7. The number of aromatic amines is 1. The molecule has 0 bridgehead atoms. The molecule has 27 heavy (non-hydrogen) atoms. The highest BCUT2D eigenvalue weighted by molar-refractivity contribution is 5.92. The maximum Gasteiger partial charge on any atom is 0.238 e. The fraction of sp³-hybridized carbons (Fsp3) is 0.333. The molecule has 1 saturated heterocycles. The average Bonchev–Trinajstić information content (AvgIpc) is 3.14. The van der Waals surface area contributed by atoms with Crippen LogP contribution in [0.4, 0.5) is 10.1 Å². The first-order chi connectivity index (χ1) is 13.2.